The third-order valence-corrected chi connectivity index (χ3v) is 3.26. The number of esters is 1. The molecule has 0 N–H and O–H groups in total. The van der Waals surface area contributed by atoms with E-state index in [4.69, 9.17) is 0 Å². The first-order chi connectivity index (χ1) is 9.60. The predicted molar refractivity (Wildman–Crippen MR) is 82.3 cm³/mol. The van der Waals surface area contributed by atoms with E-state index in [1.54, 1.807) is 0 Å². The molecule has 0 aliphatic carbocycles. The average molecular weight is 266 g/mol. The summed E-state index contributed by atoms with van der Waals surface area (Å²) in [6, 6.07) is 16.6. The summed E-state index contributed by atoms with van der Waals surface area (Å²) < 4.78 is 4.63. The first-order valence-corrected chi connectivity index (χ1v) is 6.54. The van der Waals surface area contributed by atoms with Gasteiger partial charge in [-0.25, -0.2) is 4.79 Å². The van der Waals surface area contributed by atoms with Crippen molar-refractivity contribution in [2.24, 2.45) is 0 Å². The molecule has 2 heteroatoms. The first kappa shape index (κ1) is 14.1. The number of hydrogen-bond acceptors (Lipinski definition) is 2. The third-order valence-electron chi connectivity index (χ3n) is 3.26. The smallest absolute Gasteiger partial charge is 0.330 e. The van der Waals surface area contributed by atoms with Crippen LogP contribution in [0.2, 0.25) is 0 Å². The molecule has 2 rings (SSSR count). The lowest BCUT2D eigenvalue weighted by Crippen LogP contribution is -1.95. The van der Waals surface area contributed by atoms with Crippen molar-refractivity contribution in [2.75, 3.05) is 7.11 Å². The minimum absolute atomic E-state index is 0.329. The first-order valence-electron chi connectivity index (χ1n) is 6.54. The number of rotatable bonds is 3. The molecular formula is C18H18O2. The molecule has 0 aliphatic heterocycles. The van der Waals surface area contributed by atoms with E-state index in [1.165, 1.54) is 29.9 Å². The van der Waals surface area contributed by atoms with Gasteiger partial charge < -0.3 is 4.74 Å². The molecule has 0 aliphatic rings. The van der Waals surface area contributed by atoms with Crippen LogP contribution in [0, 0.1) is 6.92 Å². The fourth-order valence-corrected chi connectivity index (χ4v) is 1.99. The van der Waals surface area contributed by atoms with Crippen molar-refractivity contribution in [3.05, 3.63) is 65.7 Å². The summed E-state index contributed by atoms with van der Waals surface area (Å²) >= 11 is 0. The second-order valence-corrected chi connectivity index (χ2v) is 4.79. The quantitative estimate of drug-likeness (QED) is 0.613. The highest BCUT2D eigenvalue weighted by Gasteiger charge is 2.02. The monoisotopic (exact) mass is 266 g/mol. The van der Waals surface area contributed by atoms with Crippen LogP contribution >= 0.6 is 0 Å². The Kier molecular flexibility index (Phi) is 4.36. The van der Waals surface area contributed by atoms with Crippen LogP contribution in [0.25, 0.3) is 16.7 Å². The summed E-state index contributed by atoms with van der Waals surface area (Å²) in [4.78, 5) is 11.2. The Morgan fingerprint density at radius 2 is 1.45 bits per heavy atom. The molecule has 0 saturated carbocycles. The summed E-state index contributed by atoms with van der Waals surface area (Å²) in [6.45, 7) is 3.98. The van der Waals surface area contributed by atoms with E-state index in [0.29, 0.717) is 0 Å². The molecule has 2 nitrogen and oxygen atoms in total. The van der Waals surface area contributed by atoms with Crippen LogP contribution < -0.4 is 0 Å². The maximum Gasteiger partial charge on any atom is 0.330 e. The van der Waals surface area contributed by atoms with Gasteiger partial charge in [-0.2, -0.15) is 0 Å². The second-order valence-electron chi connectivity index (χ2n) is 4.79. The lowest BCUT2D eigenvalue weighted by atomic mass is 10.0. The van der Waals surface area contributed by atoms with E-state index in [9.17, 15) is 4.79 Å². The van der Waals surface area contributed by atoms with Gasteiger partial charge in [0.2, 0.25) is 0 Å². The Morgan fingerprint density at radius 1 is 0.950 bits per heavy atom. The highest BCUT2D eigenvalue weighted by atomic mass is 16.5. The molecule has 0 aromatic heterocycles. The van der Waals surface area contributed by atoms with Gasteiger partial charge in [-0.05, 0) is 36.1 Å². The molecule has 0 saturated heterocycles. The maximum atomic E-state index is 11.2. The molecule has 0 bridgehead atoms. The number of carbonyl (C=O) groups is 1. The molecule has 0 spiro atoms. The molecule has 20 heavy (non-hydrogen) atoms. The van der Waals surface area contributed by atoms with Crippen LogP contribution in [0.15, 0.2) is 54.6 Å². The van der Waals surface area contributed by atoms with E-state index in [1.807, 2.05) is 19.1 Å². The van der Waals surface area contributed by atoms with Gasteiger partial charge in [0.05, 0.1) is 7.11 Å². The molecular weight excluding hydrogens is 248 g/mol. The van der Waals surface area contributed by atoms with Crippen LogP contribution in [-0.2, 0) is 9.53 Å². The highest BCUT2D eigenvalue weighted by Crippen LogP contribution is 2.22. The zero-order valence-corrected chi connectivity index (χ0v) is 12.0. The fraction of sp³-hybridized carbons (Fsp3) is 0.167. The zero-order valence-electron chi connectivity index (χ0n) is 12.0. The van der Waals surface area contributed by atoms with Crippen molar-refractivity contribution in [1.29, 1.82) is 0 Å². The van der Waals surface area contributed by atoms with Crippen LogP contribution in [-0.4, -0.2) is 13.1 Å². The SMILES string of the molecule is COC(=O)/C=C(\C)c1ccc(-c2ccc(C)cc2)cc1. The lowest BCUT2D eigenvalue weighted by Gasteiger charge is -2.05. The van der Waals surface area contributed by atoms with Crippen molar-refractivity contribution in [2.45, 2.75) is 13.8 Å². The van der Waals surface area contributed by atoms with Gasteiger partial charge in [-0.1, -0.05) is 54.1 Å². The predicted octanol–water partition coefficient (Wildman–Crippen LogP) is 4.24. The zero-order chi connectivity index (χ0) is 14.5. The molecule has 0 radical (unpaired) electrons. The summed E-state index contributed by atoms with van der Waals surface area (Å²) in [5.41, 5.74) is 5.53. The number of ether oxygens (including phenoxy) is 1. The summed E-state index contributed by atoms with van der Waals surface area (Å²) in [5, 5.41) is 0. The third kappa shape index (κ3) is 3.35. The van der Waals surface area contributed by atoms with Crippen LogP contribution in [0.1, 0.15) is 18.1 Å². The summed E-state index contributed by atoms with van der Waals surface area (Å²) in [5.74, 6) is -0.329. The molecule has 2 aromatic carbocycles. The van der Waals surface area contributed by atoms with Crippen molar-refractivity contribution < 1.29 is 9.53 Å². The van der Waals surface area contributed by atoms with Crippen LogP contribution in [0.3, 0.4) is 0 Å². The molecule has 0 unspecified atom stereocenters. The van der Waals surface area contributed by atoms with Crippen molar-refractivity contribution in [3.8, 4) is 11.1 Å². The van der Waals surface area contributed by atoms with Crippen molar-refractivity contribution in [3.63, 3.8) is 0 Å². The van der Waals surface area contributed by atoms with Crippen LogP contribution in [0.5, 0.6) is 0 Å². The standard InChI is InChI=1S/C18H18O2/c1-13-4-6-16(7-5-13)17-10-8-15(9-11-17)14(2)12-18(19)20-3/h4-12H,1-3H3/b14-12+. The second kappa shape index (κ2) is 6.20. The fourth-order valence-electron chi connectivity index (χ4n) is 1.99. The van der Waals surface area contributed by atoms with E-state index in [0.717, 1.165) is 11.1 Å². The molecule has 0 amide bonds. The Balaban J connectivity index is 2.24. The van der Waals surface area contributed by atoms with Gasteiger partial charge in [0.1, 0.15) is 0 Å². The van der Waals surface area contributed by atoms with E-state index in [-0.39, 0.29) is 5.97 Å². The van der Waals surface area contributed by atoms with Crippen molar-refractivity contribution >= 4 is 11.5 Å². The Bertz CT molecular complexity index is 619. The van der Waals surface area contributed by atoms with E-state index >= 15 is 0 Å². The van der Waals surface area contributed by atoms with Crippen LogP contribution in [0.4, 0.5) is 0 Å². The minimum atomic E-state index is -0.329. The normalized spacial score (nSPS) is 11.2. The topological polar surface area (TPSA) is 26.3 Å². The van der Waals surface area contributed by atoms with Gasteiger partial charge in [-0.15, -0.1) is 0 Å². The van der Waals surface area contributed by atoms with Gasteiger partial charge in [-0.3, -0.25) is 0 Å². The van der Waals surface area contributed by atoms with E-state index in [2.05, 4.69) is 48.1 Å². The largest absolute Gasteiger partial charge is 0.466 e. The lowest BCUT2D eigenvalue weighted by molar-refractivity contribution is -0.134. The van der Waals surface area contributed by atoms with Gasteiger partial charge in [0.25, 0.3) is 0 Å². The maximum absolute atomic E-state index is 11.2. The number of benzene rings is 2. The Morgan fingerprint density at radius 3 is 1.95 bits per heavy atom. The number of hydrogen-bond donors (Lipinski definition) is 0. The molecule has 0 heterocycles. The average Bonchev–Trinajstić information content (AvgIpc) is 2.48. The number of aryl methyl sites for hydroxylation is 1. The molecule has 0 fully saturated rings. The van der Waals surface area contributed by atoms with Gasteiger partial charge >= 0.3 is 5.97 Å². The summed E-state index contributed by atoms with van der Waals surface area (Å²) in [6.07, 6.45) is 1.50. The molecule has 0 atom stereocenters. The number of carbonyl (C=O) groups excluding carboxylic acids is 1. The Labute approximate surface area is 119 Å². The van der Waals surface area contributed by atoms with E-state index < -0.39 is 0 Å². The number of allylic oxidation sites excluding steroid dienone is 1. The Hall–Kier alpha value is -2.35. The highest BCUT2D eigenvalue weighted by molar-refractivity contribution is 5.90. The van der Waals surface area contributed by atoms with Gasteiger partial charge in [0, 0.05) is 6.08 Å². The number of methoxy groups -OCH3 is 1. The molecule has 102 valence electrons. The minimum Gasteiger partial charge on any atom is -0.466 e. The molecule has 2 aromatic rings. The summed E-state index contributed by atoms with van der Waals surface area (Å²) in [7, 11) is 1.38. The van der Waals surface area contributed by atoms with Crippen molar-refractivity contribution in [1.82, 2.24) is 0 Å². The van der Waals surface area contributed by atoms with Gasteiger partial charge in [0.15, 0.2) is 0 Å².